The monoisotopic (exact) mass is 232 g/mol. The second kappa shape index (κ2) is 6.66. The van der Waals surface area contributed by atoms with E-state index in [1.165, 1.54) is 7.11 Å². The van der Waals surface area contributed by atoms with E-state index in [4.69, 9.17) is 11.0 Å². The number of nitrogens with zero attached hydrogens (tertiary/aromatic N) is 1. The first-order chi connectivity index (χ1) is 8.17. The minimum atomic E-state index is -0.404. The molecule has 0 radical (unpaired) electrons. The Balaban J connectivity index is 2.55. The lowest BCUT2D eigenvalue weighted by atomic mass is 10.0. The van der Waals surface area contributed by atoms with Gasteiger partial charge in [0.05, 0.1) is 24.8 Å². The summed E-state index contributed by atoms with van der Waals surface area (Å²) in [7, 11) is 1.36. The summed E-state index contributed by atoms with van der Waals surface area (Å²) >= 11 is 0. The Hall–Kier alpha value is -1.86. The third-order valence-electron chi connectivity index (χ3n) is 2.49. The van der Waals surface area contributed by atoms with Crippen LogP contribution in [0.25, 0.3) is 0 Å². The van der Waals surface area contributed by atoms with Gasteiger partial charge in [-0.3, -0.25) is 0 Å². The number of esters is 1. The number of carbonyl (C=O) groups excluding carboxylic acids is 1. The molecule has 0 aromatic heterocycles. The number of hydrogen-bond acceptors (Lipinski definition) is 4. The van der Waals surface area contributed by atoms with Crippen molar-refractivity contribution in [2.24, 2.45) is 5.73 Å². The topological polar surface area (TPSA) is 76.1 Å². The minimum absolute atomic E-state index is 0.333. The predicted octanol–water partition coefficient (Wildman–Crippen LogP) is 1.65. The van der Waals surface area contributed by atoms with Crippen LogP contribution in [0.15, 0.2) is 24.3 Å². The van der Waals surface area contributed by atoms with Crippen LogP contribution in [0.5, 0.6) is 0 Å². The zero-order chi connectivity index (χ0) is 12.7. The van der Waals surface area contributed by atoms with Crippen molar-refractivity contribution in [1.29, 1.82) is 5.26 Å². The first-order valence-electron chi connectivity index (χ1n) is 5.50. The molecule has 0 spiro atoms. The smallest absolute Gasteiger partial charge is 0.337 e. The number of carbonyl (C=O) groups is 1. The number of hydrogen-bond donors (Lipinski definition) is 1. The van der Waals surface area contributed by atoms with E-state index in [0.29, 0.717) is 12.0 Å². The van der Waals surface area contributed by atoms with Crippen LogP contribution in [-0.4, -0.2) is 19.1 Å². The van der Waals surface area contributed by atoms with Crippen molar-refractivity contribution in [3.8, 4) is 6.07 Å². The molecule has 1 aromatic rings. The molecule has 1 aromatic carbocycles. The highest BCUT2D eigenvalue weighted by Crippen LogP contribution is 2.10. The van der Waals surface area contributed by atoms with E-state index in [1.54, 1.807) is 6.07 Å². The van der Waals surface area contributed by atoms with Crippen LogP contribution >= 0.6 is 0 Å². The summed E-state index contributed by atoms with van der Waals surface area (Å²) in [6.07, 6.45) is 2.30. The largest absolute Gasteiger partial charge is 0.465 e. The second-order valence-electron chi connectivity index (χ2n) is 3.82. The first-order valence-corrected chi connectivity index (χ1v) is 5.50. The molecule has 0 amide bonds. The second-order valence-corrected chi connectivity index (χ2v) is 3.82. The van der Waals surface area contributed by atoms with Gasteiger partial charge < -0.3 is 10.5 Å². The van der Waals surface area contributed by atoms with Crippen LogP contribution in [0.4, 0.5) is 0 Å². The zero-order valence-corrected chi connectivity index (χ0v) is 9.85. The SMILES string of the molecule is COC(=O)c1cccc(CCCC(N)C#N)c1. The maximum Gasteiger partial charge on any atom is 0.337 e. The van der Waals surface area contributed by atoms with Crippen molar-refractivity contribution < 1.29 is 9.53 Å². The summed E-state index contributed by atoms with van der Waals surface area (Å²) in [5.41, 5.74) is 7.11. The fourth-order valence-corrected chi connectivity index (χ4v) is 1.56. The fourth-order valence-electron chi connectivity index (χ4n) is 1.56. The normalized spacial score (nSPS) is 11.6. The molecule has 2 N–H and O–H groups in total. The van der Waals surface area contributed by atoms with Crippen LogP contribution in [0.2, 0.25) is 0 Å². The van der Waals surface area contributed by atoms with Crippen molar-refractivity contribution >= 4 is 5.97 Å². The maximum absolute atomic E-state index is 11.3. The van der Waals surface area contributed by atoms with E-state index in [1.807, 2.05) is 24.3 Å². The average Bonchev–Trinajstić information content (AvgIpc) is 2.38. The highest BCUT2D eigenvalue weighted by molar-refractivity contribution is 5.89. The Morgan fingerprint density at radius 2 is 2.35 bits per heavy atom. The van der Waals surface area contributed by atoms with E-state index >= 15 is 0 Å². The number of aryl methyl sites for hydroxylation is 1. The Kier molecular flexibility index (Phi) is 5.18. The maximum atomic E-state index is 11.3. The molecule has 0 aliphatic rings. The highest BCUT2D eigenvalue weighted by Gasteiger charge is 2.06. The van der Waals surface area contributed by atoms with Crippen molar-refractivity contribution in [2.45, 2.75) is 25.3 Å². The summed E-state index contributed by atoms with van der Waals surface area (Å²) in [6.45, 7) is 0. The Labute approximate surface area is 101 Å². The van der Waals surface area contributed by atoms with Crippen LogP contribution < -0.4 is 5.73 Å². The van der Waals surface area contributed by atoms with Crippen LogP contribution in [0.1, 0.15) is 28.8 Å². The van der Waals surface area contributed by atoms with Crippen molar-refractivity contribution in [3.05, 3.63) is 35.4 Å². The molecule has 0 fully saturated rings. The molecule has 0 heterocycles. The van der Waals surface area contributed by atoms with Gasteiger partial charge in [-0.2, -0.15) is 5.26 Å². The van der Waals surface area contributed by atoms with Gasteiger partial charge in [0.15, 0.2) is 0 Å². The van der Waals surface area contributed by atoms with Gasteiger partial charge in [0.1, 0.15) is 0 Å². The van der Waals surface area contributed by atoms with Gasteiger partial charge in [-0.25, -0.2) is 4.79 Å². The highest BCUT2D eigenvalue weighted by atomic mass is 16.5. The van der Waals surface area contributed by atoms with E-state index < -0.39 is 6.04 Å². The van der Waals surface area contributed by atoms with Crippen LogP contribution in [0, 0.1) is 11.3 Å². The lowest BCUT2D eigenvalue weighted by Gasteiger charge is -2.05. The van der Waals surface area contributed by atoms with Gasteiger partial charge in [0.2, 0.25) is 0 Å². The van der Waals surface area contributed by atoms with Crippen molar-refractivity contribution in [1.82, 2.24) is 0 Å². The average molecular weight is 232 g/mol. The third kappa shape index (κ3) is 4.25. The Morgan fingerprint density at radius 1 is 1.59 bits per heavy atom. The number of nitriles is 1. The van der Waals surface area contributed by atoms with Crippen molar-refractivity contribution in [2.75, 3.05) is 7.11 Å². The van der Waals surface area contributed by atoms with Crippen molar-refractivity contribution in [3.63, 3.8) is 0 Å². The Morgan fingerprint density at radius 3 is 3.00 bits per heavy atom. The van der Waals surface area contributed by atoms with Crippen LogP contribution in [0.3, 0.4) is 0 Å². The molecule has 0 saturated heterocycles. The standard InChI is InChI=1S/C13H16N2O2/c1-17-13(16)11-6-2-4-10(8-11)5-3-7-12(15)9-14/h2,4,6,8,12H,3,5,7,15H2,1H3. The molecule has 0 aliphatic heterocycles. The lowest BCUT2D eigenvalue weighted by Crippen LogP contribution is -2.16. The molecule has 0 bridgehead atoms. The fraction of sp³-hybridized carbons (Fsp3) is 0.385. The van der Waals surface area contributed by atoms with Gasteiger partial charge in [0.25, 0.3) is 0 Å². The summed E-state index contributed by atoms with van der Waals surface area (Å²) in [5, 5.41) is 8.54. The van der Waals surface area contributed by atoms with Gasteiger partial charge in [-0.15, -0.1) is 0 Å². The zero-order valence-electron chi connectivity index (χ0n) is 9.85. The summed E-state index contributed by atoms with van der Waals surface area (Å²) < 4.78 is 4.65. The molecule has 4 nitrogen and oxygen atoms in total. The van der Waals surface area contributed by atoms with Gasteiger partial charge in [-0.05, 0) is 37.0 Å². The van der Waals surface area contributed by atoms with E-state index in [9.17, 15) is 4.79 Å². The molecular formula is C13H16N2O2. The number of nitrogens with two attached hydrogens (primary N) is 1. The first kappa shape index (κ1) is 13.2. The Bertz CT molecular complexity index is 424. The number of ether oxygens (including phenoxy) is 1. The van der Waals surface area contributed by atoms with Gasteiger partial charge in [0, 0.05) is 0 Å². The van der Waals surface area contributed by atoms with E-state index in [0.717, 1.165) is 18.4 Å². The number of rotatable bonds is 5. The molecule has 4 heteroatoms. The van der Waals surface area contributed by atoms with Gasteiger partial charge in [-0.1, -0.05) is 12.1 Å². The van der Waals surface area contributed by atoms with E-state index in [-0.39, 0.29) is 5.97 Å². The molecule has 17 heavy (non-hydrogen) atoms. The quantitative estimate of drug-likeness (QED) is 0.783. The molecule has 1 atom stereocenters. The lowest BCUT2D eigenvalue weighted by molar-refractivity contribution is 0.0600. The summed E-state index contributed by atoms with van der Waals surface area (Å²) in [5.74, 6) is -0.333. The van der Waals surface area contributed by atoms with E-state index in [2.05, 4.69) is 4.74 Å². The molecule has 0 aliphatic carbocycles. The summed E-state index contributed by atoms with van der Waals surface area (Å²) in [6, 6.07) is 8.89. The van der Waals surface area contributed by atoms with Gasteiger partial charge >= 0.3 is 5.97 Å². The number of benzene rings is 1. The number of methoxy groups -OCH3 is 1. The molecule has 0 saturated carbocycles. The third-order valence-corrected chi connectivity index (χ3v) is 2.49. The predicted molar refractivity (Wildman–Crippen MR) is 64.3 cm³/mol. The summed E-state index contributed by atoms with van der Waals surface area (Å²) in [4.78, 5) is 11.3. The minimum Gasteiger partial charge on any atom is -0.465 e. The van der Waals surface area contributed by atoms with Crippen LogP contribution in [-0.2, 0) is 11.2 Å². The molecular weight excluding hydrogens is 216 g/mol. The molecule has 1 unspecified atom stereocenters. The molecule has 90 valence electrons. The molecule has 1 rings (SSSR count).